The highest BCUT2D eigenvalue weighted by atomic mass is 16.2. The molecule has 2 rings (SSSR count). The summed E-state index contributed by atoms with van der Waals surface area (Å²) in [5, 5.41) is 6.54. The number of likely N-dealkylation sites (tertiary alicyclic amines) is 1. The predicted molar refractivity (Wildman–Crippen MR) is 73.5 cm³/mol. The van der Waals surface area contributed by atoms with Gasteiger partial charge in [-0.1, -0.05) is 0 Å². The predicted octanol–water partition coefficient (Wildman–Crippen LogP) is 1.12. The molecule has 2 aliphatic rings. The van der Waals surface area contributed by atoms with Crippen LogP contribution in [0.4, 0.5) is 0 Å². The summed E-state index contributed by atoms with van der Waals surface area (Å²) in [6, 6.07) is 0.246. The molecule has 4 nitrogen and oxygen atoms in total. The molecule has 2 fully saturated rings. The summed E-state index contributed by atoms with van der Waals surface area (Å²) >= 11 is 0. The van der Waals surface area contributed by atoms with Gasteiger partial charge < -0.3 is 15.5 Å². The minimum Gasteiger partial charge on any atom is -0.351 e. The first kappa shape index (κ1) is 13.8. The van der Waals surface area contributed by atoms with E-state index in [-0.39, 0.29) is 17.5 Å². The number of rotatable bonds is 4. The molecule has 2 aliphatic heterocycles. The van der Waals surface area contributed by atoms with Crippen LogP contribution in [0, 0.1) is 0 Å². The van der Waals surface area contributed by atoms with Crippen LogP contribution in [-0.4, -0.2) is 48.6 Å². The Balaban J connectivity index is 1.78. The molecule has 2 unspecified atom stereocenters. The van der Waals surface area contributed by atoms with Gasteiger partial charge in [0.15, 0.2) is 0 Å². The van der Waals surface area contributed by atoms with Crippen molar-refractivity contribution in [1.29, 1.82) is 0 Å². The lowest BCUT2D eigenvalue weighted by Crippen LogP contribution is -2.59. The Morgan fingerprint density at radius 3 is 2.67 bits per heavy atom. The summed E-state index contributed by atoms with van der Waals surface area (Å²) in [7, 11) is 0. The highest BCUT2D eigenvalue weighted by Gasteiger charge is 2.34. The van der Waals surface area contributed by atoms with Gasteiger partial charge in [0.1, 0.15) is 0 Å². The van der Waals surface area contributed by atoms with Gasteiger partial charge in [-0.2, -0.15) is 0 Å². The number of nitrogens with one attached hydrogen (secondary N) is 2. The van der Waals surface area contributed by atoms with Gasteiger partial charge in [0.25, 0.3) is 0 Å². The molecule has 2 N–H and O–H groups in total. The second kappa shape index (κ2) is 6.02. The molecule has 104 valence electrons. The Morgan fingerprint density at radius 2 is 2.06 bits per heavy atom. The van der Waals surface area contributed by atoms with E-state index >= 15 is 0 Å². The lowest BCUT2D eigenvalue weighted by molar-refractivity contribution is -0.128. The topological polar surface area (TPSA) is 44.4 Å². The second-order valence-corrected chi connectivity index (χ2v) is 6.10. The Labute approximate surface area is 110 Å². The van der Waals surface area contributed by atoms with Crippen molar-refractivity contribution in [3.63, 3.8) is 0 Å². The molecule has 0 saturated carbocycles. The van der Waals surface area contributed by atoms with Crippen LogP contribution >= 0.6 is 0 Å². The molecule has 18 heavy (non-hydrogen) atoms. The fourth-order valence-electron chi connectivity index (χ4n) is 3.03. The zero-order valence-electron chi connectivity index (χ0n) is 11.8. The Hall–Kier alpha value is -0.610. The molecule has 2 heterocycles. The van der Waals surface area contributed by atoms with E-state index in [4.69, 9.17) is 0 Å². The van der Waals surface area contributed by atoms with E-state index in [9.17, 15) is 4.79 Å². The fourth-order valence-corrected chi connectivity index (χ4v) is 3.03. The van der Waals surface area contributed by atoms with Crippen LogP contribution in [0.1, 0.15) is 46.0 Å². The zero-order valence-corrected chi connectivity index (χ0v) is 11.8. The number of carbonyl (C=O) groups is 1. The molecule has 0 spiro atoms. The molecule has 0 aromatic heterocycles. The molecule has 2 atom stereocenters. The van der Waals surface area contributed by atoms with E-state index in [1.54, 1.807) is 0 Å². The van der Waals surface area contributed by atoms with Crippen LogP contribution in [0.25, 0.3) is 0 Å². The van der Waals surface area contributed by atoms with E-state index in [2.05, 4.69) is 22.5 Å². The van der Waals surface area contributed by atoms with Crippen LogP contribution < -0.4 is 10.6 Å². The molecule has 0 aromatic rings. The number of nitrogens with zero attached hydrogens (tertiary/aromatic N) is 1. The van der Waals surface area contributed by atoms with E-state index < -0.39 is 0 Å². The summed E-state index contributed by atoms with van der Waals surface area (Å²) in [5.41, 5.74) is -0.350. The maximum Gasteiger partial charge on any atom is 0.240 e. The first-order chi connectivity index (χ1) is 8.60. The minimum absolute atomic E-state index is 0.175. The normalized spacial score (nSPS) is 31.2. The summed E-state index contributed by atoms with van der Waals surface area (Å²) in [6.45, 7) is 8.48. The number of piperidine rings is 1. The van der Waals surface area contributed by atoms with Gasteiger partial charge in [0, 0.05) is 12.6 Å². The number of hydrogen-bond acceptors (Lipinski definition) is 3. The third-order valence-corrected chi connectivity index (χ3v) is 4.23. The molecule has 0 bridgehead atoms. The van der Waals surface area contributed by atoms with E-state index in [0.29, 0.717) is 0 Å². The Kier molecular flexibility index (Phi) is 4.62. The number of carbonyl (C=O) groups excluding carboxylic acids is 1. The maximum atomic E-state index is 12.3. The van der Waals surface area contributed by atoms with Crippen LogP contribution in [-0.2, 0) is 4.79 Å². The summed E-state index contributed by atoms with van der Waals surface area (Å²) in [5.74, 6) is 0.175. The van der Waals surface area contributed by atoms with Crippen molar-refractivity contribution in [2.75, 3.05) is 26.2 Å². The van der Waals surface area contributed by atoms with Gasteiger partial charge in [-0.05, 0) is 65.6 Å². The van der Waals surface area contributed by atoms with Gasteiger partial charge in [-0.15, -0.1) is 0 Å². The minimum atomic E-state index is -0.350. The SMILES string of the molecule is CC(CN1CCCC1)NC(=O)C1(C)CCCCN1. The summed E-state index contributed by atoms with van der Waals surface area (Å²) in [6.07, 6.45) is 5.90. The quantitative estimate of drug-likeness (QED) is 0.789. The highest BCUT2D eigenvalue weighted by molar-refractivity contribution is 5.86. The first-order valence-electron chi connectivity index (χ1n) is 7.38. The molecule has 1 amide bonds. The third-order valence-electron chi connectivity index (χ3n) is 4.23. The molecule has 0 aromatic carbocycles. The smallest absolute Gasteiger partial charge is 0.240 e. The van der Waals surface area contributed by atoms with E-state index in [1.807, 2.05) is 6.92 Å². The maximum absolute atomic E-state index is 12.3. The Morgan fingerprint density at radius 1 is 1.33 bits per heavy atom. The Bertz CT molecular complexity index is 281. The molecule has 4 heteroatoms. The molecule has 0 aliphatic carbocycles. The van der Waals surface area contributed by atoms with Crippen LogP contribution in [0.3, 0.4) is 0 Å². The van der Waals surface area contributed by atoms with Crippen molar-refractivity contribution in [1.82, 2.24) is 15.5 Å². The van der Waals surface area contributed by atoms with Crippen molar-refractivity contribution < 1.29 is 4.79 Å². The summed E-state index contributed by atoms with van der Waals surface area (Å²) < 4.78 is 0. The van der Waals surface area contributed by atoms with E-state index in [1.165, 1.54) is 32.4 Å². The third kappa shape index (κ3) is 3.45. The van der Waals surface area contributed by atoms with Crippen molar-refractivity contribution in [2.24, 2.45) is 0 Å². The molecule has 0 radical (unpaired) electrons. The van der Waals surface area contributed by atoms with Crippen LogP contribution in [0.15, 0.2) is 0 Å². The lowest BCUT2D eigenvalue weighted by atomic mass is 9.90. The van der Waals surface area contributed by atoms with Gasteiger partial charge in [0.05, 0.1) is 5.54 Å². The monoisotopic (exact) mass is 253 g/mol. The standard InChI is InChI=1S/C14H27N3O/c1-12(11-17-9-5-6-10-17)16-13(18)14(2)7-3-4-8-15-14/h12,15H,3-11H2,1-2H3,(H,16,18). The van der Waals surface area contributed by atoms with Crippen LogP contribution in [0.5, 0.6) is 0 Å². The summed E-state index contributed by atoms with van der Waals surface area (Å²) in [4.78, 5) is 14.8. The lowest BCUT2D eigenvalue weighted by Gasteiger charge is -2.35. The van der Waals surface area contributed by atoms with Crippen molar-refractivity contribution in [2.45, 2.75) is 57.5 Å². The van der Waals surface area contributed by atoms with E-state index in [0.717, 1.165) is 25.9 Å². The molecule has 2 saturated heterocycles. The number of hydrogen-bond donors (Lipinski definition) is 2. The van der Waals surface area contributed by atoms with Gasteiger partial charge in [-0.3, -0.25) is 4.79 Å². The zero-order chi connectivity index (χ0) is 13.0. The molecular weight excluding hydrogens is 226 g/mol. The van der Waals surface area contributed by atoms with Gasteiger partial charge in [-0.25, -0.2) is 0 Å². The number of amides is 1. The second-order valence-electron chi connectivity index (χ2n) is 6.10. The average molecular weight is 253 g/mol. The van der Waals surface area contributed by atoms with Gasteiger partial charge in [0.2, 0.25) is 5.91 Å². The fraction of sp³-hybridized carbons (Fsp3) is 0.929. The van der Waals surface area contributed by atoms with Crippen molar-refractivity contribution >= 4 is 5.91 Å². The van der Waals surface area contributed by atoms with Crippen LogP contribution in [0.2, 0.25) is 0 Å². The highest BCUT2D eigenvalue weighted by Crippen LogP contribution is 2.19. The first-order valence-corrected chi connectivity index (χ1v) is 7.38. The van der Waals surface area contributed by atoms with Crippen molar-refractivity contribution in [3.05, 3.63) is 0 Å². The van der Waals surface area contributed by atoms with Crippen molar-refractivity contribution in [3.8, 4) is 0 Å². The largest absolute Gasteiger partial charge is 0.351 e. The average Bonchev–Trinajstić information content (AvgIpc) is 2.82. The van der Waals surface area contributed by atoms with Gasteiger partial charge >= 0.3 is 0 Å². The molecular formula is C14H27N3O.